The van der Waals surface area contributed by atoms with Crippen LogP contribution in [0.25, 0.3) is 0 Å². The Bertz CT molecular complexity index is 727. The van der Waals surface area contributed by atoms with Crippen molar-refractivity contribution in [3.05, 3.63) is 41.7 Å². The number of alkyl halides is 2. The number of nitrogens with zero attached hydrogens (tertiary/aromatic N) is 3. The summed E-state index contributed by atoms with van der Waals surface area (Å²) >= 11 is 0. The number of aromatic nitrogens is 2. The maximum absolute atomic E-state index is 14.8. The van der Waals surface area contributed by atoms with Gasteiger partial charge in [0.25, 0.3) is 0 Å². The van der Waals surface area contributed by atoms with Crippen molar-refractivity contribution in [2.75, 3.05) is 29.1 Å². The van der Waals surface area contributed by atoms with Crippen LogP contribution in [0, 0.1) is 0 Å². The number of nitrogen functional groups attached to an aromatic ring is 2. The van der Waals surface area contributed by atoms with Crippen molar-refractivity contribution in [2.24, 2.45) is 5.84 Å². The Morgan fingerprint density at radius 3 is 2.54 bits per heavy atom. The van der Waals surface area contributed by atoms with Crippen LogP contribution in [0.15, 0.2) is 30.3 Å². The number of aliphatic hydroxyl groups excluding tert-OH is 1. The third kappa shape index (κ3) is 2.83. The number of nitrogens with one attached hydrogen (secondary N) is 1. The van der Waals surface area contributed by atoms with E-state index in [9.17, 15) is 13.9 Å². The third-order valence-corrected chi connectivity index (χ3v) is 3.94. The number of anilines is 3. The molecule has 1 aliphatic rings. The average molecular weight is 336 g/mol. The van der Waals surface area contributed by atoms with E-state index in [1.807, 2.05) is 0 Å². The molecule has 24 heavy (non-hydrogen) atoms. The zero-order chi connectivity index (χ0) is 17.3. The number of hydrazine groups is 1. The minimum atomic E-state index is -3.41. The third-order valence-electron chi connectivity index (χ3n) is 3.94. The van der Waals surface area contributed by atoms with Crippen molar-refractivity contribution in [1.29, 1.82) is 0 Å². The van der Waals surface area contributed by atoms with Crippen molar-refractivity contribution < 1.29 is 13.9 Å². The lowest BCUT2D eigenvalue weighted by Crippen LogP contribution is -2.28. The van der Waals surface area contributed by atoms with Crippen molar-refractivity contribution in [3.8, 4) is 0 Å². The van der Waals surface area contributed by atoms with Gasteiger partial charge in [0.05, 0.1) is 6.10 Å². The topological polar surface area (TPSA) is 113 Å². The molecular formula is C15H18F2N6O. The quantitative estimate of drug-likeness (QED) is 0.487. The second kappa shape index (κ2) is 6.17. The number of benzene rings is 1. The molecule has 3 rings (SSSR count). The Morgan fingerprint density at radius 1 is 1.25 bits per heavy atom. The Balaban J connectivity index is 2.08. The predicted octanol–water partition coefficient (Wildman–Crippen LogP) is 1.06. The minimum Gasteiger partial charge on any atom is -0.393 e. The number of hydrogen-bond donors (Lipinski definition) is 4. The van der Waals surface area contributed by atoms with Crippen molar-refractivity contribution in [1.82, 2.24) is 9.97 Å². The van der Waals surface area contributed by atoms with Crippen LogP contribution in [0.5, 0.6) is 0 Å². The van der Waals surface area contributed by atoms with Crippen LogP contribution in [0.4, 0.5) is 26.1 Å². The standard InChI is InChI=1S/C15H18F2N6O/c16-15(17,9-4-2-1-3-5-9)14-20-12(22-19)11(18)13(21-14)23-7-6-10(24)8-23/h1-5,10,24H,6-8,18-19H2,(H,20,21,22). The molecule has 0 bridgehead atoms. The highest BCUT2D eigenvalue weighted by atomic mass is 19.3. The molecule has 0 spiro atoms. The highest BCUT2D eigenvalue weighted by molar-refractivity contribution is 5.75. The van der Waals surface area contributed by atoms with Gasteiger partial charge in [-0.05, 0) is 6.42 Å². The molecule has 0 amide bonds. The molecule has 1 unspecified atom stereocenters. The lowest BCUT2D eigenvalue weighted by Gasteiger charge is -2.23. The van der Waals surface area contributed by atoms with E-state index < -0.39 is 17.9 Å². The number of hydrogen-bond acceptors (Lipinski definition) is 7. The van der Waals surface area contributed by atoms with Crippen LogP contribution in [0.3, 0.4) is 0 Å². The number of halogens is 2. The van der Waals surface area contributed by atoms with E-state index in [1.54, 1.807) is 11.0 Å². The molecule has 1 aromatic carbocycles. The highest BCUT2D eigenvalue weighted by Crippen LogP contribution is 2.37. The number of β-amino-alcohol motifs (C(OH)–C–C–N with tert-alkyl or cyclic N) is 1. The van der Waals surface area contributed by atoms with Gasteiger partial charge in [-0.3, -0.25) is 0 Å². The first-order valence-corrected chi connectivity index (χ1v) is 7.44. The molecule has 0 radical (unpaired) electrons. The summed E-state index contributed by atoms with van der Waals surface area (Å²) in [5.41, 5.74) is 8.01. The summed E-state index contributed by atoms with van der Waals surface area (Å²) in [6.07, 6.45) is -0.0362. The van der Waals surface area contributed by atoms with Gasteiger partial charge in [-0.2, -0.15) is 8.78 Å². The monoisotopic (exact) mass is 336 g/mol. The number of aliphatic hydroxyl groups is 1. The zero-order valence-corrected chi connectivity index (χ0v) is 12.8. The normalized spacial score (nSPS) is 18.0. The summed E-state index contributed by atoms with van der Waals surface area (Å²) in [7, 11) is 0. The maximum atomic E-state index is 14.8. The smallest absolute Gasteiger partial charge is 0.331 e. The molecular weight excluding hydrogens is 318 g/mol. The van der Waals surface area contributed by atoms with Gasteiger partial charge < -0.3 is 21.2 Å². The van der Waals surface area contributed by atoms with Crippen LogP contribution in [-0.2, 0) is 5.92 Å². The molecule has 1 aromatic heterocycles. The Kier molecular flexibility index (Phi) is 4.20. The minimum absolute atomic E-state index is 0.0687. The zero-order valence-electron chi connectivity index (χ0n) is 12.8. The fraction of sp³-hybridized carbons (Fsp3) is 0.333. The van der Waals surface area contributed by atoms with Crippen molar-refractivity contribution in [3.63, 3.8) is 0 Å². The Morgan fingerprint density at radius 2 is 1.96 bits per heavy atom. The molecule has 0 aliphatic carbocycles. The van der Waals surface area contributed by atoms with E-state index in [2.05, 4.69) is 15.4 Å². The van der Waals surface area contributed by atoms with Gasteiger partial charge in [-0.25, -0.2) is 15.8 Å². The van der Waals surface area contributed by atoms with Crippen molar-refractivity contribution >= 4 is 17.3 Å². The summed E-state index contributed by atoms with van der Waals surface area (Å²) in [4.78, 5) is 9.40. The van der Waals surface area contributed by atoms with E-state index in [1.165, 1.54) is 24.3 Å². The SMILES string of the molecule is NNc1nc(C(F)(F)c2ccccc2)nc(N2CCC(O)C2)c1N. The lowest BCUT2D eigenvalue weighted by atomic mass is 10.1. The van der Waals surface area contributed by atoms with Gasteiger partial charge in [0, 0.05) is 18.7 Å². The number of nitrogens with two attached hydrogens (primary N) is 2. The predicted molar refractivity (Wildman–Crippen MR) is 86.5 cm³/mol. The average Bonchev–Trinajstić information content (AvgIpc) is 3.02. The van der Waals surface area contributed by atoms with Gasteiger partial charge >= 0.3 is 5.92 Å². The van der Waals surface area contributed by atoms with Gasteiger partial charge in [0.15, 0.2) is 11.6 Å². The van der Waals surface area contributed by atoms with Crippen LogP contribution in [0.2, 0.25) is 0 Å². The fourth-order valence-electron chi connectivity index (χ4n) is 2.66. The molecule has 7 nitrogen and oxygen atoms in total. The summed E-state index contributed by atoms with van der Waals surface area (Å²) in [5.74, 6) is 1.31. The van der Waals surface area contributed by atoms with Gasteiger partial charge in [-0.15, -0.1) is 0 Å². The first kappa shape index (κ1) is 16.3. The fourth-order valence-corrected chi connectivity index (χ4v) is 2.66. The van der Waals surface area contributed by atoms with Crippen LogP contribution in [0.1, 0.15) is 17.8 Å². The molecule has 128 valence electrons. The molecule has 1 atom stereocenters. The largest absolute Gasteiger partial charge is 0.393 e. The van der Waals surface area contributed by atoms with Crippen LogP contribution >= 0.6 is 0 Å². The molecule has 9 heteroatoms. The first-order chi connectivity index (χ1) is 11.4. The molecule has 0 saturated carbocycles. The highest BCUT2D eigenvalue weighted by Gasteiger charge is 2.39. The first-order valence-electron chi connectivity index (χ1n) is 7.44. The van der Waals surface area contributed by atoms with Crippen molar-refractivity contribution in [2.45, 2.75) is 18.4 Å². The van der Waals surface area contributed by atoms with Gasteiger partial charge in [-0.1, -0.05) is 30.3 Å². The summed E-state index contributed by atoms with van der Waals surface area (Å²) in [5, 5.41) is 9.67. The molecule has 1 saturated heterocycles. The number of rotatable bonds is 4. The van der Waals surface area contributed by atoms with E-state index in [4.69, 9.17) is 11.6 Å². The van der Waals surface area contributed by atoms with Gasteiger partial charge in [0.2, 0.25) is 5.82 Å². The lowest BCUT2D eigenvalue weighted by molar-refractivity contribution is 0.0331. The van der Waals surface area contributed by atoms with Gasteiger partial charge in [0.1, 0.15) is 5.69 Å². The molecule has 1 aliphatic heterocycles. The van der Waals surface area contributed by atoms with Crippen LogP contribution in [-0.4, -0.2) is 34.3 Å². The van der Waals surface area contributed by atoms with E-state index in [0.717, 1.165) is 0 Å². The second-order valence-electron chi connectivity index (χ2n) is 5.61. The summed E-state index contributed by atoms with van der Waals surface area (Å²) in [6, 6.07) is 7.27. The molecule has 2 aromatic rings. The molecule has 2 heterocycles. The second-order valence-corrected chi connectivity index (χ2v) is 5.61. The van der Waals surface area contributed by atoms with E-state index >= 15 is 0 Å². The Hall–Kier alpha value is -2.52. The van der Waals surface area contributed by atoms with Crippen LogP contribution < -0.4 is 21.9 Å². The van der Waals surface area contributed by atoms with E-state index in [-0.39, 0.29) is 29.4 Å². The summed E-state index contributed by atoms with van der Waals surface area (Å²) in [6.45, 7) is 0.727. The maximum Gasteiger partial charge on any atom is 0.331 e. The molecule has 1 fully saturated rings. The Labute approximate surface area is 137 Å². The molecule has 6 N–H and O–H groups in total. The van der Waals surface area contributed by atoms with E-state index in [0.29, 0.717) is 13.0 Å². The summed E-state index contributed by atoms with van der Waals surface area (Å²) < 4.78 is 29.6.